The summed E-state index contributed by atoms with van der Waals surface area (Å²) in [6, 6.07) is 13.4. The number of carbonyl (C=O) groups is 1. The second-order valence-corrected chi connectivity index (χ2v) is 6.37. The quantitative estimate of drug-likeness (QED) is 0.824. The third kappa shape index (κ3) is 5.46. The molecule has 0 saturated carbocycles. The number of rotatable bonds is 7. The zero-order valence-electron chi connectivity index (χ0n) is 14.8. The number of carbonyl (C=O) groups excluding carboxylic acids is 1. The Morgan fingerprint density at radius 3 is 2.96 bits per heavy atom. The zero-order valence-corrected chi connectivity index (χ0v) is 14.8. The van der Waals surface area contributed by atoms with Gasteiger partial charge in [-0.1, -0.05) is 18.2 Å². The number of aromatic nitrogens is 1. The van der Waals surface area contributed by atoms with Crippen LogP contribution in [0.1, 0.15) is 18.4 Å². The molecule has 1 amide bonds. The molecule has 0 unspecified atom stereocenters. The van der Waals surface area contributed by atoms with E-state index in [2.05, 4.69) is 4.98 Å². The van der Waals surface area contributed by atoms with E-state index in [9.17, 15) is 4.79 Å². The number of pyridine rings is 1. The molecule has 2 N–H and O–H groups in total. The molecule has 0 radical (unpaired) electrons. The minimum atomic E-state index is 0.0529. The highest BCUT2D eigenvalue weighted by atomic mass is 16.5. The molecule has 2 heterocycles. The van der Waals surface area contributed by atoms with Crippen molar-refractivity contribution in [3.63, 3.8) is 0 Å². The Bertz CT molecular complexity index is 708. The number of hydrogen-bond acceptors (Lipinski definition) is 5. The largest absolute Gasteiger partial charge is 0.493 e. The summed E-state index contributed by atoms with van der Waals surface area (Å²) < 4.78 is 11.4. The van der Waals surface area contributed by atoms with Crippen LogP contribution in [0.4, 0.5) is 5.82 Å². The Labute approximate surface area is 153 Å². The van der Waals surface area contributed by atoms with Crippen LogP contribution in [0.25, 0.3) is 0 Å². The van der Waals surface area contributed by atoms with Gasteiger partial charge in [0, 0.05) is 19.3 Å². The predicted octanol–water partition coefficient (Wildman–Crippen LogP) is 2.29. The first-order chi connectivity index (χ1) is 12.7. The number of benzene rings is 1. The first-order valence-electron chi connectivity index (χ1n) is 8.98. The Morgan fingerprint density at radius 2 is 2.15 bits per heavy atom. The second kappa shape index (κ2) is 9.20. The fourth-order valence-electron chi connectivity index (χ4n) is 3.03. The van der Waals surface area contributed by atoms with Gasteiger partial charge in [0.05, 0.1) is 25.7 Å². The minimum Gasteiger partial charge on any atom is -0.493 e. The first kappa shape index (κ1) is 18.2. The van der Waals surface area contributed by atoms with Gasteiger partial charge in [-0.05, 0) is 42.7 Å². The van der Waals surface area contributed by atoms with Crippen molar-refractivity contribution in [1.29, 1.82) is 0 Å². The van der Waals surface area contributed by atoms with Gasteiger partial charge in [0.15, 0.2) is 0 Å². The summed E-state index contributed by atoms with van der Waals surface area (Å²) in [5.41, 5.74) is 6.85. The number of hydrogen-bond donors (Lipinski definition) is 1. The highest BCUT2D eigenvalue weighted by Gasteiger charge is 2.23. The molecule has 0 aliphatic carbocycles. The van der Waals surface area contributed by atoms with Crippen LogP contribution in [-0.2, 0) is 16.0 Å². The van der Waals surface area contributed by atoms with Crippen molar-refractivity contribution < 1.29 is 14.3 Å². The summed E-state index contributed by atoms with van der Waals surface area (Å²) >= 11 is 0. The Balaban J connectivity index is 1.41. The third-order valence-electron chi connectivity index (χ3n) is 4.42. The molecular weight excluding hydrogens is 330 g/mol. The fourth-order valence-corrected chi connectivity index (χ4v) is 3.03. The van der Waals surface area contributed by atoms with Crippen LogP contribution in [0.5, 0.6) is 5.75 Å². The van der Waals surface area contributed by atoms with E-state index in [0.29, 0.717) is 38.5 Å². The first-order valence-corrected chi connectivity index (χ1v) is 8.98. The van der Waals surface area contributed by atoms with Gasteiger partial charge < -0.3 is 20.1 Å². The van der Waals surface area contributed by atoms with Crippen LogP contribution in [0.3, 0.4) is 0 Å². The smallest absolute Gasteiger partial charge is 0.226 e. The number of nitrogens with zero attached hydrogens (tertiary/aromatic N) is 2. The number of anilines is 1. The maximum Gasteiger partial charge on any atom is 0.226 e. The van der Waals surface area contributed by atoms with E-state index in [-0.39, 0.29) is 12.0 Å². The van der Waals surface area contributed by atoms with Gasteiger partial charge in [0.2, 0.25) is 5.91 Å². The monoisotopic (exact) mass is 355 g/mol. The summed E-state index contributed by atoms with van der Waals surface area (Å²) in [4.78, 5) is 18.3. The van der Waals surface area contributed by atoms with Crippen LogP contribution in [-0.4, -0.2) is 48.2 Å². The predicted molar refractivity (Wildman–Crippen MR) is 99.8 cm³/mol. The topological polar surface area (TPSA) is 77.7 Å². The minimum absolute atomic E-state index is 0.0529. The molecule has 1 saturated heterocycles. The van der Waals surface area contributed by atoms with Crippen LogP contribution in [0, 0.1) is 0 Å². The molecular formula is C20H25N3O3. The molecule has 1 aromatic heterocycles. The molecule has 2 aromatic rings. The average molecular weight is 355 g/mol. The number of nitrogens with two attached hydrogens (primary N) is 1. The average Bonchev–Trinajstić information content (AvgIpc) is 2.67. The number of ether oxygens (including phenoxy) is 2. The van der Waals surface area contributed by atoms with E-state index in [4.69, 9.17) is 15.2 Å². The van der Waals surface area contributed by atoms with Gasteiger partial charge in [-0.3, -0.25) is 4.79 Å². The van der Waals surface area contributed by atoms with Gasteiger partial charge in [-0.25, -0.2) is 4.98 Å². The summed E-state index contributed by atoms with van der Waals surface area (Å²) in [5.74, 6) is 1.43. The lowest BCUT2D eigenvalue weighted by atomic mass is 10.1. The summed E-state index contributed by atoms with van der Waals surface area (Å²) in [7, 11) is 0. The molecule has 6 nitrogen and oxygen atoms in total. The molecule has 1 aliphatic rings. The van der Waals surface area contributed by atoms with Crippen molar-refractivity contribution in [1.82, 2.24) is 9.88 Å². The van der Waals surface area contributed by atoms with Gasteiger partial charge >= 0.3 is 0 Å². The third-order valence-corrected chi connectivity index (χ3v) is 4.42. The van der Waals surface area contributed by atoms with Gasteiger partial charge in [0.1, 0.15) is 11.6 Å². The van der Waals surface area contributed by atoms with Crippen molar-refractivity contribution in [3.8, 4) is 5.75 Å². The van der Waals surface area contributed by atoms with Crippen molar-refractivity contribution in [3.05, 3.63) is 54.2 Å². The maximum absolute atomic E-state index is 12.4. The molecule has 3 rings (SSSR count). The Morgan fingerprint density at radius 1 is 1.31 bits per heavy atom. The number of amides is 1. The molecule has 1 atom stereocenters. The normalized spacial score (nSPS) is 17.1. The van der Waals surface area contributed by atoms with Crippen LogP contribution in [0.2, 0.25) is 0 Å². The van der Waals surface area contributed by atoms with E-state index in [1.54, 1.807) is 6.20 Å². The second-order valence-electron chi connectivity index (χ2n) is 6.37. The molecule has 1 aliphatic heterocycles. The zero-order chi connectivity index (χ0) is 18.2. The number of morpholine rings is 1. The lowest BCUT2D eigenvalue weighted by Gasteiger charge is -2.33. The van der Waals surface area contributed by atoms with E-state index in [1.165, 1.54) is 0 Å². The lowest BCUT2D eigenvalue weighted by molar-refractivity contribution is -0.139. The van der Waals surface area contributed by atoms with Crippen LogP contribution >= 0.6 is 0 Å². The van der Waals surface area contributed by atoms with E-state index in [0.717, 1.165) is 24.2 Å². The maximum atomic E-state index is 12.4. The highest BCUT2D eigenvalue weighted by Crippen LogP contribution is 2.15. The van der Waals surface area contributed by atoms with Crippen molar-refractivity contribution in [2.45, 2.75) is 25.4 Å². The lowest BCUT2D eigenvalue weighted by Crippen LogP contribution is -2.46. The Kier molecular flexibility index (Phi) is 6.44. The Hall–Kier alpha value is -2.60. The number of aryl methyl sites for hydroxylation is 1. The molecule has 26 heavy (non-hydrogen) atoms. The summed E-state index contributed by atoms with van der Waals surface area (Å²) in [6.07, 6.45) is 3.86. The molecule has 1 aromatic carbocycles. The molecule has 0 spiro atoms. The van der Waals surface area contributed by atoms with E-state index in [1.807, 2.05) is 47.4 Å². The molecule has 0 bridgehead atoms. The van der Waals surface area contributed by atoms with Gasteiger partial charge in [-0.2, -0.15) is 0 Å². The van der Waals surface area contributed by atoms with Gasteiger partial charge in [0.25, 0.3) is 0 Å². The molecule has 1 fully saturated rings. The van der Waals surface area contributed by atoms with Gasteiger partial charge in [-0.15, -0.1) is 0 Å². The number of nitrogen functional groups attached to an aromatic ring is 1. The van der Waals surface area contributed by atoms with Crippen molar-refractivity contribution in [2.75, 3.05) is 32.0 Å². The van der Waals surface area contributed by atoms with Crippen molar-refractivity contribution >= 4 is 11.7 Å². The number of para-hydroxylation sites is 1. The summed E-state index contributed by atoms with van der Waals surface area (Å²) in [5, 5.41) is 0. The van der Waals surface area contributed by atoms with Crippen LogP contribution < -0.4 is 10.5 Å². The van der Waals surface area contributed by atoms with Crippen LogP contribution in [0.15, 0.2) is 48.7 Å². The van der Waals surface area contributed by atoms with E-state index >= 15 is 0 Å². The SMILES string of the molecule is Nc1cc(CC[C@@H]2CN(C(=O)CCOc3ccccc3)CCO2)ccn1. The standard InChI is InChI=1S/C20H25N3O3/c21-19-14-16(8-10-22-19)6-7-18-15-23(11-13-26-18)20(24)9-12-25-17-4-2-1-3-5-17/h1-5,8,10,14,18H,6-7,9,11-13,15H2,(H2,21,22)/t18-/m1/s1. The summed E-state index contributed by atoms with van der Waals surface area (Å²) in [6.45, 7) is 2.24. The van der Waals surface area contributed by atoms with Crippen molar-refractivity contribution in [2.24, 2.45) is 0 Å². The molecule has 6 heteroatoms. The fraction of sp³-hybridized carbons (Fsp3) is 0.400. The highest BCUT2D eigenvalue weighted by molar-refractivity contribution is 5.76. The molecule has 138 valence electrons. The van der Waals surface area contributed by atoms with E-state index < -0.39 is 0 Å².